The Kier molecular flexibility index (Phi) is 10.8. The van der Waals surface area contributed by atoms with E-state index < -0.39 is 6.29 Å². The van der Waals surface area contributed by atoms with Crippen LogP contribution in [0.2, 0.25) is 0 Å². The smallest absolute Gasteiger partial charge is 0.338 e. The quantitative estimate of drug-likeness (QED) is 0.307. The molecule has 0 spiro atoms. The van der Waals surface area contributed by atoms with Crippen LogP contribution in [0.1, 0.15) is 53.4 Å². The molecule has 3 atom stereocenters. The molecule has 0 aliphatic heterocycles. The lowest BCUT2D eigenvalue weighted by Crippen LogP contribution is -2.51. The standard InChI is InChI=1S/C21H38NO4/c1-5-8-13-22(7-3,12-6-2)14-15-25-21(24)20-11-9-10-19(16-20)17-26-18(4)23/h9,11,16,18-19,23H,5-8,10,12-15,17H2,1-4H3/q+1. The van der Waals surface area contributed by atoms with Crippen LogP contribution in [0.4, 0.5) is 0 Å². The maximum Gasteiger partial charge on any atom is 0.338 e. The topological polar surface area (TPSA) is 55.8 Å². The van der Waals surface area contributed by atoms with Crippen LogP contribution in [0.5, 0.6) is 0 Å². The summed E-state index contributed by atoms with van der Waals surface area (Å²) >= 11 is 0. The van der Waals surface area contributed by atoms with Crippen molar-refractivity contribution >= 4 is 5.97 Å². The highest BCUT2D eigenvalue weighted by molar-refractivity contribution is 5.91. The van der Waals surface area contributed by atoms with Gasteiger partial charge in [0.25, 0.3) is 0 Å². The first-order chi connectivity index (χ1) is 12.5. The number of allylic oxidation sites excluding steroid dienone is 1. The molecule has 1 N–H and O–H groups in total. The average Bonchev–Trinajstić information content (AvgIpc) is 2.64. The lowest BCUT2D eigenvalue weighted by atomic mass is 9.97. The number of hydrogen-bond donors (Lipinski definition) is 1. The van der Waals surface area contributed by atoms with E-state index in [1.807, 2.05) is 18.2 Å². The first-order valence-electron chi connectivity index (χ1n) is 10.2. The fourth-order valence-corrected chi connectivity index (χ4v) is 3.46. The van der Waals surface area contributed by atoms with Crippen molar-refractivity contribution in [3.05, 3.63) is 23.8 Å². The first kappa shape index (κ1) is 22.9. The van der Waals surface area contributed by atoms with Crippen molar-refractivity contribution in [3.8, 4) is 0 Å². The number of likely N-dealkylation sites (N-methyl/N-ethyl adjacent to an activating group) is 1. The van der Waals surface area contributed by atoms with Gasteiger partial charge in [-0.2, -0.15) is 0 Å². The zero-order valence-electron chi connectivity index (χ0n) is 17.1. The van der Waals surface area contributed by atoms with Crippen molar-refractivity contribution in [2.24, 2.45) is 5.92 Å². The molecule has 5 nitrogen and oxygen atoms in total. The molecule has 0 bridgehead atoms. The van der Waals surface area contributed by atoms with Crippen molar-refractivity contribution in [2.45, 2.75) is 59.7 Å². The monoisotopic (exact) mass is 368 g/mol. The Hall–Kier alpha value is -1.17. The summed E-state index contributed by atoms with van der Waals surface area (Å²) in [7, 11) is 0. The van der Waals surface area contributed by atoms with E-state index >= 15 is 0 Å². The van der Waals surface area contributed by atoms with Gasteiger partial charge in [0, 0.05) is 5.92 Å². The molecule has 0 aromatic carbocycles. The second-order valence-electron chi connectivity index (χ2n) is 7.27. The summed E-state index contributed by atoms with van der Waals surface area (Å²) < 4.78 is 11.8. The Morgan fingerprint density at radius 1 is 1.27 bits per heavy atom. The number of aliphatic hydroxyl groups is 1. The van der Waals surface area contributed by atoms with Crippen molar-refractivity contribution in [1.29, 1.82) is 0 Å². The highest BCUT2D eigenvalue weighted by Gasteiger charge is 2.24. The van der Waals surface area contributed by atoms with Crippen LogP contribution in [0, 0.1) is 5.92 Å². The molecule has 0 radical (unpaired) electrons. The number of aliphatic hydroxyl groups excluding tert-OH is 1. The van der Waals surface area contributed by atoms with Crippen LogP contribution in [0.15, 0.2) is 23.8 Å². The lowest BCUT2D eigenvalue weighted by molar-refractivity contribution is -0.926. The zero-order valence-corrected chi connectivity index (χ0v) is 17.1. The summed E-state index contributed by atoms with van der Waals surface area (Å²) in [6.07, 6.45) is 9.26. The molecule has 0 aromatic rings. The first-order valence-corrected chi connectivity index (χ1v) is 10.2. The predicted molar refractivity (Wildman–Crippen MR) is 105 cm³/mol. The predicted octanol–water partition coefficient (Wildman–Crippen LogP) is 3.43. The molecule has 1 aliphatic rings. The van der Waals surface area contributed by atoms with E-state index in [2.05, 4.69) is 20.8 Å². The summed E-state index contributed by atoms with van der Waals surface area (Å²) in [5, 5.41) is 9.22. The molecule has 0 amide bonds. The number of unbranched alkanes of at least 4 members (excludes halogenated alkanes) is 1. The molecule has 0 saturated heterocycles. The molecule has 0 saturated carbocycles. The molecule has 1 aliphatic carbocycles. The second kappa shape index (κ2) is 12.3. The Labute approximate surface area is 159 Å². The van der Waals surface area contributed by atoms with Crippen LogP contribution < -0.4 is 0 Å². The maximum atomic E-state index is 12.4. The molecule has 3 unspecified atom stereocenters. The summed E-state index contributed by atoms with van der Waals surface area (Å²) in [6, 6.07) is 0. The largest absolute Gasteiger partial charge is 0.456 e. The van der Waals surface area contributed by atoms with E-state index in [0.29, 0.717) is 18.8 Å². The summed E-state index contributed by atoms with van der Waals surface area (Å²) in [5.74, 6) is -0.156. The van der Waals surface area contributed by atoms with Gasteiger partial charge in [0.05, 0.1) is 31.8 Å². The summed E-state index contributed by atoms with van der Waals surface area (Å²) in [5.41, 5.74) is 0.592. The zero-order chi connectivity index (χ0) is 19.4. The molecule has 0 aromatic heterocycles. The van der Waals surface area contributed by atoms with Crippen molar-refractivity contribution < 1.29 is 23.9 Å². The maximum absolute atomic E-state index is 12.4. The van der Waals surface area contributed by atoms with Crippen LogP contribution in [-0.4, -0.2) is 61.2 Å². The number of hydrogen-bond acceptors (Lipinski definition) is 4. The van der Waals surface area contributed by atoms with Gasteiger partial charge in [-0.15, -0.1) is 0 Å². The second-order valence-corrected chi connectivity index (χ2v) is 7.27. The van der Waals surface area contributed by atoms with E-state index in [0.717, 1.165) is 43.5 Å². The number of nitrogens with zero attached hydrogens (tertiary/aromatic N) is 1. The van der Waals surface area contributed by atoms with Crippen LogP contribution in [0.25, 0.3) is 0 Å². The van der Waals surface area contributed by atoms with Gasteiger partial charge < -0.3 is 19.1 Å². The molecule has 1 rings (SSSR count). The molecule has 5 heteroatoms. The summed E-state index contributed by atoms with van der Waals surface area (Å²) in [4.78, 5) is 12.4. The number of carbonyl (C=O) groups excluding carboxylic acids is 1. The lowest BCUT2D eigenvalue weighted by Gasteiger charge is -2.37. The molecular weight excluding hydrogens is 330 g/mol. The van der Waals surface area contributed by atoms with Gasteiger partial charge in [-0.3, -0.25) is 0 Å². The summed E-state index contributed by atoms with van der Waals surface area (Å²) in [6.45, 7) is 13.3. The Morgan fingerprint density at radius 3 is 2.65 bits per heavy atom. The normalized spacial score (nSPS) is 20.3. The van der Waals surface area contributed by atoms with E-state index in [4.69, 9.17) is 9.47 Å². The van der Waals surface area contributed by atoms with Gasteiger partial charge in [0.2, 0.25) is 0 Å². The van der Waals surface area contributed by atoms with Gasteiger partial charge in [-0.05, 0) is 33.1 Å². The van der Waals surface area contributed by atoms with Gasteiger partial charge in [-0.1, -0.05) is 38.5 Å². The number of esters is 1. The molecule has 0 heterocycles. The van der Waals surface area contributed by atoms with E-state index in [-0.39, 0.29) is 11.9 Å². The molecule has 26 heavy (non-hydrogen) atoms. The van der Waals surface area contributed by atoms with Crippen molar-refractivity contribution in [1.82, 2.24) is 0 Å². The van der Waals surface area contributed by atoms with Gasteiger partial charge >= 0.3 is 5.97 Å². The molecular formula is C21H38NO4+. The highest BCUT2D eigenvalue weighted by Crippen LogP contribution is 2.19. The number of quaternary nitrogens is 1. The highest BCUT2D eigenvalue weighted by atomic mass is 16.6. The minimum Gasteiger partial charge on any atom is -0.456 e. The fraction of sp³-hybridized carbons (Fsp3) is 0.762. The van der Waals surface area contributed by atoms with Crippen LogP contribution in [-0.2, 0) is 14.3 Å². The SMILES string of the molecule is CCCC[N+](CC)(CCC)CCOC(=O)C1=CC(COC(C)O)CC=C1. The average molecular weight is 369 g/mol. The van der Waals surface area contributed by atoms with Gasteiger partial charge in [0.1, 0.15) is 13.2 Å². The third-order valence-electron chi connectivity index (χ3n) is 5.09. The Balaban J connectivity index is 2.54. The number of ether oxygens (including phenoxy) is 2. The third kappa shape index (κ3) is 8.02. The van der Waals surface area contributed by atoms with Crippen molar-refractivity contribution in [2.75, 3.05) is 39.4 Å². The number of carbonyl (C=O) groups is 1. The minimum atomic E-state index is -0.786. The van der Waals surface area contributed by atoms with E-state index in [9.17, 15) is 9.90 Å². The Morgan fingerprint density at radius 2 is 2.04 bits per heavy atom. The minimum absolute atomic E-state index is 0.104. The fourth-order valence-electron chi connectivity index (χ4n) is 3.46. The van der Waals surface area contributed by atoms with Gasteiger partial charge in [0.15, 0.2) is 6.29 Å². The van der Waals surface area contributed by atoms with E-state index in [1.165, 1.54) is 12.8 Å². The molecule has 0 fully saturated rings. The third-order valence-corrected chi connectivity index (χ3v) is 5.09. The van der Waals surface area contributed by atoms with E-state index in [1.54, 1.807) is 6.92 Å². The molecule has 150 valence electrons. The van der Waals surface area contributed by atoms with Crippen LogP contribution >= 0.6 is 0 Å². The van der Waals surface area contributed by atoms with Crippen LogP contribution in [0.3, 0.4) is 0 Å². The number of rotatable bonds is 13. The Bertz CT molecular complexity index is 473. The van der Waals surface area contributed by atoms with Crippen molar-refractivity contribution in [3.63, 3.8) is 0 Å². The van der Waals surface area contributed by atoms with Gasteiger partial charge in [-0.25, -0.2) is 4.79 Å².